The third-order valence-corrected chi connectivity index (χ3v) is 4.35. The van der Waals surface area contributed by atoms with Gasteiger partial charge in [-0.05, 0) is 42.1 Å². The van der Waals surface area contributed by atoms with Crippen LogP contribution in [-0.2, 0) is 11.3 Å². The second-order valence-corrected chi connectivity index (χ2v) is 6.30. The Hall–Kier alpha value is -2.53. The minimum atomic E-state index is -0.0536. The smallest absolute Gasteiger partial charge is 0.247 e. The molecular weight excluding hydrogens is 334 g/mol. The van der Waals surface area contributed by atoms with Crippen LogP contribution in [-0.4, -0.2) is 31.1 Å². The normalized spacial score (nSPS) is 10.6. The predicted molar refractivity (Wildman–Crippen MR) is 103 cm³/mol. The van der Waals surface area contributed by atoms with E-state index in [2.05, 4.69) is 6.58 Å². The Morgan fingerprint density at radius 2 is 2.16 bits per heavy atom. The first-order valence-electron chi connectivity index (χ1n) is 8.09. The Morgan fingerprint density at radius 3 is 2.80 bits per heavy atom. The van der Waals surface area contributed by atoms with Crippen molar-refractivity contribution in [2.75, 3.05) is 20.3 Å². The topological polar surface area (TPSA) is 38.8 Å². The number of carbonyl (C=O) groups excluding carboxylic acids is 1. The number of thiophene rings is 1. The van der Waals surface area contributed by atoms with Gasteiger partial charge in [-0.3, -0.25) is 4.79 Å². The highest BCUT2D eigenvalue weighted by Gasteiger charge is 2.10. The highest BCUT2D eigenvalue weighted by Crippen LogP contribution is 2.28. The maximum Gasteiger partial charge on any atom is 0.247 e. The van der Waals surface area contributed by atoms with E-state index in [4.69, 9.17) is 9.47 Å². The molecule has 2 rings (SSSR count). The number of benzene rings is 1. The Balaban J connectivity index is 2.11. The van der Waals surface area contributed by atoms with Gasteiger partial charge in [-0.2, -0.15) is 0 Å². The first-order chi connectivity index (χ1) is 12.2. The van der Waals surface area contributed by atoms with Crippen LogP contribution in [0, 0.1) is 0 Å². The van der Waals surface area contributed by atoms with Crippen LogP contribution in [0.1, 0.15) is 17.4 Å². The van der Waals surface area contributed by atoms with Gasteiger partial charge >= 0.3 is 0 Å². The number of nitrogens with zero attached hydrogens (tertiary/aromatic N) is 1. The Morgan fingerprint density at radius 1 is 1.32 bits per heavy atom. The van der Waals surface area contributed by atoms with Crippen LogP contribution in [0.3, 0.4) is 0 Å². The predicted octanol–water partition coefficient (Wildman–Crippen LogP) is 4.38. The van der Waals surface area contributed by atoms with Gasteiger partial charge in [0.15, 0.2) is 11.5 Å². The van der Waals surface area contributed by atoms with Crippen molar-refractivity contribution < 1.29 is 14.3 Å². The van der Waals surface area contributed by atoms with Gasteiger partial charge in [0.05, 0.1) is 20.3 Å². The third-order valence-electron chi connectivity index (χ3n) is 3.49. The molecule has 1 heterocycles. The van der Waals surface area contributed by atoms with Crippen molar-refractivity contribution in [3.63, 3.8) is 0 Å². The number of ether oxygens (including phenoxy) is 2. The van der Waals surface area contributed by atoms with Crippen molar-refractivity contribution in [2.45, 2.75) is 13.5 Å². The van der Waals surface area contributed by atoms with Gasteiger partial charge < -0.3 is 14.4 Å². The largest absolute Gasteiger partial charge is 0.493 e. The number of amides is 1. The molecule has 0 aliphatic rings. The Labute approximate surface area is 153 Å². The number of hydrogen-bond acceptors (Lipinski definition) is 4. The van der Waals surface area contributed by atoms with Crippen molar-refractivity contribution in [3.05, 3.63) is 64.9 Å². The summed E-state index contributed by atoms with van der Waals surface area (Å²) >= 11 is 1.64. The van der Waals surface area contributed by atoms with Gasteiger partial charge in [0.1, 0.15) is 0 Å². The fourth-order valence-corrected chi connectivity index (χ4v) is 3.04. The van der Waals surface area contributed by atoms with Crippen molar-refractivity contribution in [2.24, 2.45) is 0 Å². The maximum absolute atomic E-state index is 12.5. The minimum absolute atomic E-state index is 0.0536. The molecule has 0 N–H and O–H groups in total. The van der Waals surface area contributed by atoms with Crippen LogP contribution in [0.5, 0.6) is 11.5 Å². The summed E-state index contributed by atoms with van der Waals surface area (Å²) in [5, 5.41) is 2.01. The van der Waals surface area contributed by atoms with E-state index in [0.717, 1.165) is 10.4 Å². The maximum atomic E-state index is 12.5. The van der Waals surface area contributed by atoms with E-state index in [-0.39, 0.29) is 5.91 Å². The number of methoxy groups -OCH3 is 1. The van der Waals surface area contributed by atoms with Crippen LogP contribution in [0.25, 0.3) is 6.08 Å². The van der Waals surface area contributed by atoms with Crippen LogP contribution in [0.4, 0.5) is 0 Å². The molecule has 0 saturated heterocycles. The SMILES string of the molecule is C=CCN(Cc1cccs1)C(=O)/C=C/c1ccc(OC)c(OCC)c1. The molecule has 0 bridgehead atoms. The number of rotatable bonds is 9. The third kappa shape index (κ3) is 5.50. The van der Waals surface area contributed by atoms with Crippen molar-refractivity contribution in [3.8, 4) is 11.5 Å². The highest BCUT2D eigenvalue weighted by molar-refractivity contribution is 7.09. The van der Waals surface area contributed by atoms with Gasteiger partial charge in [0.2, 0.25) is 5.91 Å². The summed E-state index contributed by atoms with van der Waals surface area (Å²) < 4.78 is 10.8. The zero-order valence-corrected chi connectivity index (χ0v) is 15.4. The molecule has 1 aromatic carbocycles. The molecule has 5 heteroatoms. The van der Waals surface area contributed by atoms with Crippen molar-refractivity contribution in [1.82, 2.24) is 4.90 Å². The van der Waals surface area contributed by atoms with E-state index in [1.54, 1.807) is 41.6 Å². The molecule has 1 aromatic heterocycles. The fourth-order valence-electron chi connectivity index (χ4n) is 2.32. The number of carbonyl (C=O) groups is 1. The number of hydrogen-bond donors (Lipinski definition) is 0. The van der Waals surface area contributed by atoms with Gasteiger partial charge in [-0.1, -0.05) is 18.2 Å². The average Bonchev–Trinajstić information content (AvgIpc) is 3.13. The molecule has 0 unspecified atom stereocenters. The second kappa shape index (κ2) is 9.69. The van der Waals surface area contributed by atoms with E-state index < -0.39 is 0 Å². The van der Waals surface area contributed by atoms with E-state index >= 15 is 0 Å². The molecule has 0 fully saturated rings. The average molecular weight is 357 g/mol. The summed E-state index contributed by atoms with van der Waals surface area (Å²) in [6, 6.07) is 9.60. The zero-order valence-electron chi connectivity index (χ0n) is 14.6. The Bertz CT molecular complexity index is 723. The lowest BCUT2D eigenvalue weighted by molar-refractivity contribution is -0.126. The zero-order chi connectivity index (χ0) is 18.1. The summed E-state index contributed by atoms with van der Waals surface area (Å²) in [6.07, 6.45) is 5.10. The Kier molecular flexibility index (Phi) is 7.29. The molecule has 0 radical (unpaired) electrons. The van der Waals surface area contributed by atoms with Crippen LogP contribution in [0.2, 0.25) is 0 Å². The van der Waals surface area contributed by atoms with Crippen LogP contribution in [0.15, 0.2) is 54.4 Å². The molecule has 0 aliphatic carbocycles. The van der Waals surface area contributed by atoms with E-state index in [1.165, 1.54) is 0 Å². The lowest BCUT2D eigenvalue weighted by atomic mass is 10.2. The molecule has 2 aromatic rings. The summed E-state index contributed by atoms with van der Waals surface area (Å²) in [5.41, 5.74) is 0.882. The van der Waals surface area contributed by atoms with Crippen molar-refractivity contribution >= 4 is 23.3 Å². The molecule has 0 saturated carbocycles. The summed E-state index contributed by atoms with van der Waals surface area (Å²) in [6.45, 7) is 7.30. The molecule has 0 spiro atoms. The molecule has 1 amide bonds. The van der Waals surface area contributed by atoms with Gasteiger partial charge in [0, 0.05) is 17.5 Å². The van der Waals surface area contributed by atoms with E-state index in [0.29, 0.717) is 31.2 Å². The van der Waals surface area contributed by atoms with Crippen LogP contribution < -0.4 is 9.47 Å². The highest BCUT2D eigenvalue weighted by atomic mass is 32.1. The van der Waals surface area contributed by atoms with Crippen molar-refractivity contribution in [1.29, 1.82) is 0 Å². The fraction of sp³-hybridized carbons (Fsp3) is 0.250. The van der Waals surface area contributed by atoms with Gasteiger partial charge in [-0.15, -0.1) is 17.9 Å². The van der Waals surface area contributed by atoms with Crippen LogP contribution >= 0.6 is 11.3 Å². The van der Waals surface area contributed by atoms with E-state index in [1.807, 2.05) is 42.6 Å². The molecule has 0 atom stereocenters. The quantitative estimate of drug-likeness (QED) is 0.494. The molecule has 4 nitrogen and oxygen atoms in total. The first-order valence-corrected chi connectivity index (χ1v) is 8.97. The van der Waals surface area contributed by atoms with Gasteiger partial charge in [0.25, 0.3) is 0 Å². The lowest BCUT2D eigenvalue weighted by Crippen LogP contribution is -2.28. The second-order valence-electron chi connectivity index (χ2n) is 5.26. The summed E-state index contributed by atoms with van der Waals surface area (Å²) in [5.74, 6) is 1.29. The van der Waals surface area contributed by atoms with Gasteiger partial charge in [-0.25, -0.2) is 0 Å². The molecular formula is C20H23NO3S. The first kappa shape index (κ1) is 18.8. The minimum Gasteiger partial charge on any atom is -0.493 e. The van der Waals surface area contributed by atoms with E-state index in [9.17, 15) is 4.79 Å². The standard InChI is InChI=1S/C20H23NO3S/c1-4-12-21(15-17-7-6-13-25-17)20(22)11-9-16-8-10-18(23-3)19(14-16)24-5-2/h4,6-11,13-14H,1,5,12,15H2,2-3H3/b11-9+. The monoisotopic (exact) mass is 357 g/mol. The summed E-state index contributed by atoms with van der Waals surface area (Å²) in [7, 11) is 1.61. The molecule has 132 valence electrons. The molecule has 0 aliphatic heterocycles. The molecule has 25 heavy (non-hydrogen) atoms. The summed E-state index contributed by atoms with van der Waals surface area (Å²) in [4.78, 5) is 15.4. The lowest BCUT2D eigenvalue weighted by Gasteiger charge is -2.18.